The molecule has 0 heterocycles. The van der Waals surface area contributed by atoms with E-state index in [2.05, 4.69) is 67.5 Å². The van der Waals surface area contributed by atoms with Crippen molar-refractivity contribution >= 4 is 11.4 Å². The SMILES string of the molecule is CC(C)CCOc1ccc(NCCN(C)c2ccccc2)cc1. The van der Waals surface area contributed by atoms with E-state index in [0.717, 1.165) is 37.6 Å². The Morgan fingerprint density at radius 1 is 1.00 bits per heavy atom. The molecule has 1 N–H and O–H groups in total. The van der Waals surface area contributed by atoms with Crippen LogP contribution in [0.15, 0.2) is 54.6 Å². The van der Waals surface area contributed by atoms with Crippen LogP contribution < -0.4 is 15.0 Å². The molecule has 23 heavy (non-hydrogen) atoms. The Labute approximate surface area is 140 Å². The lowest BCUT2D eigenvalue weighted by atomic mass is 10.1. The number of hydrogen-bond acceptors (Lipinski definition) is 3. The zero-order chi connectivity index (χ0) is 16.5. The Hall–Kier alpha value is -2.16. The Balaban J connectivity index is 1.71. The van der Waals surface area contributed by atoms with Crippen LogP contribution in [0, 0.1) is 5.92 Å². The molecule has 0 unspecified atom stereocenters. The van der Waals surface area contributed by atoms with Gasteiger partial charge in [0.15, 0.2) is 0 Å². The van der Waals surface area contributed by atoms with Crippen LogP contribution in [0.3, 0.4) is 0 Å². The van der Waals surface area contributed by atoms with Gasteiger partial charge in [-0.2, -0.15) is 0 Å². The number of ether oxygens (including phenoxy) is 1. The molecule has 3 nitrogen and oxygen atoms in total. The van der Waals surface area contributed by atoms with Gasteiger partial charge in [0.05, 0.1) is 6.61 Å². The molecule has 0 fully saturated rings. The highest BCUT2D eigenvalue weighted by Gasteiger charge is 2.00. The van der Waals surface area contributed by atoms with Gasteiger partial charge in [0, 0.05) is 31.5 Å². The fourth-order valence-electron chi connectivity index (χ4n) is 2.26. The largest absolute Gasteiger partial charge is 0.494 e. The molecular weight excluding hydrogens is 284 g/mol. The van der Waals surface area contributed by atoms with Crippen molar-refractivity contribution in [1.29, 1.82) is 0 Å². The van der Waals surface area contributed by atoms with E-state index in [-0.39, 0.29) is 0 Å². The molecule has 0 saturated carbocycles. The van der Waals surface area contributed by atoms with Gasteiger partial charge in [-0.3, -0.25) is 0 Å². The molecule has 124 valence electrons. The van der Waals surface area contributed by atoms with Gasteiger partial charge < -0.3 is 15.0 Å². The number of para-hydroxylation sites is 1. The lowest BCUT2D eigenvalue weighted by Gasteiger charge is -2.19. The fraction of sp³-hybridized carbons (Fsp3) is 0.400. The maximum Gasteiger partial charge on any atom is 0.119 e. The standard InChI is InChI=1S/C20H28N2O/c1-17(2)13-16-23-20-11-9-18(10-12-20)21-14-15-22(3)19-7-5-4-6-8-19/h4-12,17,21H,13-16H2,1-3H3. The molecule has 0 aromatic heterocycles. The van der Waals surface area contributed by atoms with Gasteiger partial charge >= 0.3 is 0 Å². The maximum atomic E-state index is 5.74. The van der Waals surface area contributed by atoms with E-state index in [1.165, 1.54) is 5.69 Å². The van der Waals surface area contributed by atoms with E-state index < -0.39 is 0 Å². The predicted octanol–water partition coefficient (Wildman–Crippen LogP) is 4.66. The average molecular weight is 312 g/mol. The highest BCUT2D eigenvalue weighted by Crippen LogP contribution is 2.16. The third-order valence-corrected chi connectivity index (χ3v) is 3.79. The number of hydrogen-bond donors (Lipinski definition) is 1. The first-order chi connectivity index (χ1) is 11.1. The highest BCUT2D eigenvalue weighted by atomic mass is 16.5. The molecule has 2 rings (SSSR count). The van der Waals surface area contributed by atoms with Crippen molar-refractivity contribution in [2.24, 2.45) is 5.92 Å². The van der Waals surface area contributed by atoms with Crippen molar-refractivity contribution < 1.29 is 4.74 Å². The molecule has 0 spiro atoms. The van der Waals surface area contributed by atoms with Crippen LogP contribution in [0.1, 0.15) is 20.3 Å². The van der Waals surface area contributed by atoms with Crippen LogP contribution in [0.25, 0.3) is 0 Å². The first-order valence-electron chi connectivity index (χ1n) is 8.38. The number of nitrogens with zero attached hydrogens (tertiary/aromatic N) is 1. The number of likely N-dealkylation sites (N-methyl/N-ethyl adjacent to an activating group) is 1. The lowest BCUT2D eigenvalue weighted by Crippen LogP contribution is -2.24. The van der Waals surface area contributed by atoms with E-state index in [9.17, 15) is 0 Å². The van der Waals surface area contributed by atoms with Gasteiger partial charge in [-0.15, -0.1) is 0 Å². The highest BCUT2D eigenvalue weighted by molar-refractivity contribution is 5.48. The third-order valence-electron chi connectivity index (χ3n) is 3.79. The Bertz CT molecular complexity index is 552. The summed E-state index contributed by atoms with van der Waals surface area (Å²) >= 11 is 0. The maximum absolute atomic E-state index is 5.74. The second-order valence-electron chi connectivity index (χ2n) is 6.24. The molecule has 3 heteroatoms. The first kappa shape index (κ1) is 17.2. The monoisotopic (exact) mass is 312 g/mol. The molecule has 0 aliphatic carbocycles. The van der Waals surface area contributed by atoms with Crippen molar-refractivity contribution in [1.82, 2.24) is 0 Å². The summed E-state index contributed by atoms with van der Waals surface area (Å²) in [6.07, 6.45) is 1.09. The number of rotatable bonds is 9. The third kappa shape index (κ3) is 6.23. The number of anilines is 2. The molecule has 0 amide bonds. The minimum absolute atomic E-state index is 0.678. The van der Waals surface area contributed by atoms with Crippen LogP contribution in [0.5, 0.6) is 5.75 Å². The van der Waals surface area contributed by atoms with Gasteiger partial charge in [-0.1, -0.05) is 32.0 Å². The molecule has 0 aliphatic rings. The molecule has 0 saturated heterocycles. The minimum Gasteiger partial charge on any atom is -0.494 e. The van der Waals surface area contributed by atoms with Gasteiger partial charge in [-0.25, -0.2) is 0 Å². The second kappa shape index (κ2) is 9.09. The molecule has 2 aromatic rings. The van der Waals surface area contributed by atoms with Crippen LogP contribution >= 0.6 is 0 Å². The average Bonchev–Trinajstić information content (AvgIpc) is 2.57. The van der Waals surface area contributed by atoms with E-state index >= 15 is 0 Å². The topological polar surface area (TPSA) is 24.5 Å². The molecule has 0 radical (unpaired) electrons. The van der Waals surface area contributed by atoms with E-state index in [0.29, 0.717) is 5.92 Å². The lowest BCUT2D eigenvalue weighted by molar-refractivity contribution is 0.289. The van der Waals surface area contributed by atoms with Crippen LogP contribution in [0.2, 0.25) is 0 Å². The number of benzene rings is 2. The molecular formula is C20H28N2O. The van der Waals surface area contributed by atoms with Crippen molar-refractivity contribution in [3.8, 4) is 5.75 Å². The van der Waals surface area contributed by atoms with E-state index in [1.807, 2.05) is 18.2 Å². The molecule has 0 aliphatic heterocycles. The Morgan fingerprint density at radius 3 is 2.35 bits per heavy atom. The van der Waals surface area contributed by atoms with Crippen molar-refractivity contribution in [2.45, 2.75) is 20.3 Å². The smallest absolute Gasteiger partial charge is 0.119 e. The second-order valence-corrected chi connectivity index (χ2v) is 6.24. The summed E-state index contributed by atoms with van der Waals surface area (Å²) in [5.41, 5.74) is 2.37. The quantitative estimate of drug-likeness (QED) is 0.729. The fourth-order valence-corrected chi connectivity index (χ4v) is 2.26. The Kier molecular flexibility index (Phi) is 6.79. The Morgan fingerprint density at radius 2 is 1.70 bits per heavy atom. The summed E-state index contributed by atoms with van der Waals surface area (Å²) in [4.78, 5) is 2.25. The summed E-state index contributed by atoms with van der Waals surface area (Å²) in [5, 5.41) is 3.45. The summed E-state index contributed by atoms with van der Waals surface area (Å²) in [6.45, 7) is 7.06. The van der Waals surface area contributed by atoms with Crippen LogP contribution in [-0.2, 0) is 0 Å². The molecule has 0 atom stereocenters. The van der Waals surface area contributed by atoms with E-state index in [1.54, 1.807) is 0 Å². The first-order valence-corrected chi connectivity index (χ1v) is 8.38. The summed E-state index contributed by atoms with van der Waals surface area (Å²) < 4.78 is 5.74. The predicted molar refractivity (Wildman–Crippen MR) is 99.6 cm³/mol. The van der Waals surface area contributed by atoms with Crippen molar-refractivity contribution in [3.05, 3.63) is 54.6 Å². The number of nitrogens with one attached hydrogen (secondary N) is 1. The zero-order valence-corrected chi connectivity index (χ0v) is 14.5. The summed E-state index contributed by atoms with van der Waals surface area (Å²) in [7, 11) is 2.11. The van der Waals surface area contributed by atoms with Gasteiger partial charge in [0.2, 0.25) is 0 Å². The van der Waals surface area contributed by atoms with Gasteiger partial charge in [-0.05, 0) is 48.7 Å². The van der Waals surface area contributed by atoms with Crippen LogP contribution in [-0.4, -0.2) is 26.7 Å². The van der Waals surface area contributed by atoms with Crippen molar-refractivity contribution in [3.63, 3.8) is 0 Å². The van der Waals surface area contributed by atoms with E-state index in [4.69, 9.17) is 4.74 Å². The summed E-state index contributed by atoms with van der Waals surface area (Å²) in [6, 6.07) is 18.6. The van der Waals surface area contributed by atoms with Crippen LogP contribution in [0.4, 0.5) is 11.4 Å². The minimum atomic E-state index is 0.678. The van der Waals surface area contributed by atoms with Crippen molar-refractivity contribution in [2.75, 3.05) is 37.0 Å². The molecule has 0 bridgehead atoms. The zero-order valence-electron chi connectivity index (χ0n) is 14.5. The van der Waals surface area contributed by atoms with Gasteiger partial charge in [0.25, 0.3) is 0 Å². The normalized spacial score (nSPS) is 10.6. The molecule has 2 aromatic carbocycles. The van der Waals surface area contributed by atoms with Gasteiger partial charge in [0.1, 0.15) is 5.75 Å². The summed E-state index contributed by atoms with van der Waals surface area (Å²) in [5.74, 6) is 1.62.